The molecule has 1 N–H and O–H groups in total. The Balaban J connectivity index is 1.97. The lowest BCUT2D eigenvalue weighted by atomic mass is 10.2. The molecular formula is C10H17N3O2S. The third kappa shape index (κ3) is 2.49. The highest BCUT2D eigenvalue weighted by Crippen LogP contribution is 2.13. The van der Waals surface area contributed by atoms with Gasteiger partial charge in [0, 0.05) is 31.8 Å². The minimum absolute atomic E-state index is 0.0384. The van der Waals surface area contributed by atoms with E-state index < -0.39 is 0 Å². The summed E-state index contributed by atoms with van der Waals surface area (Å²) in [5.74, 6) is 1.77. The molecule has 0 aromatic heterocycles. The average Bonchev–Trinajstić information content (AvgIpc) is 2.74. The molecule has 0 spiro atoms. The van der Waals surface area contributed by atoms with Crippen molar-refractivity contribution in [3.8, 4) is 0 Å². The van der Waals surface area contributed by atoms with Gasteiger partial charge in [0.15, 0.2) is 0 Å². The number of carbonyl (C=O) groups excluding carboxylic acids is 2. The molecule has 0 bridgehead atoms. The van der Waals surface area contributed by atoms with Crippen molar-refractivity contribution in [1.29, 1.82) is 0 Å². The lowest BCUT2D eigenvalue weighted by Crippen LogP contribution is -2.47. The quantitative estimate of drug-likeness (QED) is 0.664. The van der Waals surface area contributed by atoms with Gasteiger partial charge in [-0.3, -0.25) is 14.9 Å². The van der Waals surface area contributed by atoms with Crippen LogP contribution in [0.3, 0.4) is 0 Å². The highest BCUT2D eigenvalue weighted by Gasteiger charge is 2.30. The van der Waals surface area contributed by atoms with Crippen molar-refractivity contribution < 1.29 is 9.59 Å². The van der Waals surface area contributed by atoms with Crippen LogP contribution in [0, 0.1) is 0 Å². The van der Waals surface area contributed by atoms with Gasteiger partial charge in [-0.1, -0.05) is 0 Å². The Bertz CT molecular complexity index is 292. The first-order valence-electron chi connectivity index (χ1n) is 5.52. The van der Waals surface area contributed by atoms with Crippen LogP contribution in [-0.4, -0.2) is 66.0 Å². The maximum atomic E-state index is 12.1. The van der Waals surface area contributed by atoms with Crippen LogP contribution in [0.2, 0.25) is 0 Å². The van der Waals surface area contributed by atoms with Gasteiger partial charge < -0.3 is 9.80 Å². The van der Waals surface area contributed by atoms with E-state index in [9.17, 15) is 9.59 Å². The monoisotopic (exact) mass is 243 g/mol. The molecule has 1 atom stereocenters. The molecule has 0 aromatic rings. The second-order valence-electron chi connectivity index (χ2n) is 4.20. The zero-order valence-electron chi connectivity index (χ0n) is 9.44. The van der Waals surface area contributed by atoms with Gasteiger partial charge in [0.05, 0.1) is 12.6 Å². The number of rotatable bonds is 1. The molecule has 2 heterocycles. The van der Waals surface area contributed by atoms with E-state index in [2.05, 4.69) is 5.32 Å². The summed E-state index contributed by atoms with van der Waals surface area (Å²) in [6, 6.07) is -0.0961. The summed E-state index contributed by atoms with van der Waals surface area (Å²) in [6.45, 7) is 1.67. The molecule has 6 heteroatoms. The van der Waals surface area contributed by atoms with Gasteiger partial charge in [0.25, 0.3) is 0 Å². The third-order valence-electron chi connectivity index (χ3n) is 3.00. The van der Waals surface area contributed by atoms with E-state index in [0.29, 0.717) is 6.54 Å². The fourth-order valence-corrected chi connectivity index (χ4v) is 2.88. The molecular weight excluding hydrogens is 226 g/mol. The molecule has 2 amide bonds. The van der Waals surface area contributed by atoms with Crippen molar-refractivity contribution >= 4 is 23.6 Å². The fraction of sp³-hybridized carbons (Fsp3) is 0.800. The lowest BCUT2D eigenvalue weighted by molar-refractivity contribution is -0.138. The number of hydrogen-bond donors (Lipinski definition) is 1. The van der Waals surface area contributed by atoms with E-state index in [1.165, 1.54) is 0 Å². The van der Waals surface area contributed by atoms with Crippen LogP contribution < -0.4 is 5.32 Å². The normalized spacial score (nSPS) is 27.1. The highest BCUT2D eigenvalue weighted by atomic mass is 32.2. The van der Waals surface area contributed by atoms with E-state index in [-0.39, 0.29) is 24.4 Å². The highest BCUT2D eigenvalue weighted by molar-refractivity contribution is 7.99. The Hall–Kier alpha value is -0.750. The summed E-state index contributed by atoms with van der Waals surface area (Å²) in [7, 11) is 1.79. The molecule has 5 nitrogen and oxygen atoms in total. The van der Waals surface area contributed by atoms with Gasteiger partial charge in [-0.15, -0.1) is 11.8 Å². The maximum absolute atomic E-state index is 12.1. The minimum Gasteiger partial charge on any atom is -0.344 e. The zero-order chi connectivity index (χ0) is 11.5. The van der Waals surface area contributed by atoms with E-state index in [1.54, 1.807) is 28.6 Å². The van der Waals surface area contributed by atoms with Gasteiger partial charge >= 0.3 is 0 Å². The van der Waals surface area contributed by atoms with Crippen molar-refractivity contribution in [2.24, 2.45) is 0 Å². The standard InChI is InChI=1S/C10H17N3O2S/c1-12-3-2-4-13(5-9(12)14)10(15)8-6-16-7-11-8/h8,11H,2-7H2,1H3. The van der Waals surface area contributed by atoms with Gasteiger partial charge in [-0.2, -0.15) is 0 Å². The second-order valence-corrected chi connectivity index (χ2v) is 5.23. The molecule has 2 saturated heterocycles. The van der Waals surface area contributed by atoms with Crippen LogP contribution in [0.15, 0.2) is 0 Å². The van der Waals surface area contributed by atoms with Crippen LogP contribution in [0.4, 0.5) is 0 Å². The van der Waals surface area contributed by atoms with E-state index >= 15 is 0 Å². The van der Waals surface area contributed by atoms with Crippen LogP contribution in [0.1, 0.15) is 6.42 Å². The van der Waals surface area contributed by atoms with Gasteiger partial charge in [0.2, 0.25) is 11.8 Å². The Morgan fingerprint density at radius 1 is 1.50 bits per heavy atom. The van der Waals surface area contributed by atoms with Crippen LogP contribution in [0.5, 0.6) is 0 Å². The number of nitrogens with zero attached hydrogens (tertiary/aromatic N) is 2. The van der Waals surface area contributed by atoms with Crippen LogP contribution in [-0.2, 0) is 9.59 Å². The summed E-state index contributed by atoms with van der Waals surface area (Å²) < 4.78 is 0. The Morgan fingerprint density at radius 2 is 2.31 bits per heavy atom. The first kappa shape index (κ1) is 11.7. The first-order valence-corrected chi connectivity index (χ1v) is 6.68. The van der Waals surface area contributed by atoms with Gasteiger partial charge in [-0.25, -0.2) is 0 Å². The predicted molar refractivity (Wildman–Crippen MR) is 63.1 cm³/mol. The molecule has 0 aromatic carbocycles. The van der Waals surface area contributed by atoms with Crippen molar-refractivity contribution in [1.82, 2.24) is 15.1 Å². The molecule has 2 rings (SSSR count). The fourth-order valence-electron chi connectivity index (χ4n) is 1.95. The SMILES string of the molecule is CN1CCCN(C(=O)C2CSCN2)CC1=O. The van der Waals surface area contributed by atoms with Crippen LogP contribution >= 0.6 is 11.8 Å². The number of hydrogen-bond acceptors (Lipinski definition) is 4. The summed E-state index contributed by atoms with van der Waals surface area (Å²) in [5.41, 5.74) is 0. The van der Waals surface area contributed by atoms with Crippen molar-refractivity contribution in [3.05, 3.63) is 0 Å². The molecule has 2 fully saturated rings. The zero-order valence-corrected chi connectivity index (χ0v) is 10.3. The maximum Gasteiger partial charge on any atom is 0.241 e. The third-order valence-corrected chi connectivity index (χ3v) is 3.94. The largest absolute Gasteiger partial charge is 0.344 e. The van der Waals surface area contributed by atoms with Crippen LogP contribution in [0.25, 0.3) is 0 Å². The molecule has 16 heavy (non-hydrogen) atoms. The average molecular weight is 243 g/mol. The summed E-state index contributed by atoms with van der Waals surface area (Å²) >= 11 is 1.73. The molecule has 0 aliphatic carbocycles. The smallest absolute Gasteiger partial charge is 0.241 e. The number of nitrogens with one attached hydrogen (secondary N) is 1. The molecule has 1 unspecified atom stereocenters. The minimum atomic E-state index is -0.0961. The number of amides is 2. The number of likely N-dealkylation sites (N-methyl/N-ethyl adjacent to an activating group) is 1. The summed E-state index contributed by atoms with van der Waals surface area (Å²) in [5, 5.41) is 3.15. The van der Waals surface area contributed by atoms with E-state index in [0.717, 1.165) is 24.6 Å². The first-order chi connectivity index (χ1) is 7.68. The van der Waals surface area contributed by atoms with E-state index in [1.807, 2.05) is 0 Å². The van der Waals surface area contributed by atoms with Crippen molar-refractivity contribution in [3.63, 3.8) is 0 Å². The topological polar surface area (TPSA) is 52.6 Å². The molecule has 90 valence electrons. The Labute approximate surface area is 99.5 Å². The van der Waals surface area contributed by atoms with E-state index in [4.69, 9.17) is 0 Å². The molecule has 0 saturated carbocycles. The Morgan fingerprint density at radius 3 is 3.00 bits per heavy atom. The van der Waals surface area contributed by atoms with Crippen molar-refractivity contribution in [2.75, 3.05) is 38.3 Å². The molecule has 0 radical (unpaired) electrons. The second kappa shape index (κ2) is 5.05. The Kier molecular flexibility index (Phi) is 3.70. The lowest BCUT2D eigenvalue weighted by Gasteiger charge is -2.22. The molecule has 2 aliphatic rings. The number of carbonyl (C=O) groups is 2. The molecule has 2 aliphatic heterocycles. The number of thioether (sulfide) groups is 1. The summed E-state index contributed by atoms with van der Waals surface area (Å²) in [4.78, 5) is 27.1. The summed E-state index contributed by atoms with van der Waals surface area (Å²) in [6.07, 6.45) is 0.869. The van der Waals surface area contributed by atoms with Gasteiger partial charge in [-0.05, 0) is 6.42 Å². The van der Waals surface area contributed by atoms with Crippen molar-refractivity contribution in [2.45, 2.75) is 12.5 Å². The van der Waals surface area contributed by atoms with Gasteiger partial charge in [0.1, 0.15) is 0 Å². The predicted octanol–water partition coefficient (Wildman–Crippen LogP) is -0.660.